The summed E-state index contributed by atoms with van der Waals surface area (Å²) in [5, 5.41) is 11.5. The van der Waals surface area contributed by atoms with Crippen molar-refractivity contribution in [2.75, 3.05) is 5.32 Å². The summed E-state index contributed by atoms with van der Waals surface area (Å²) in [4.78, 5) is 28.9. The molecule has 9 heteroatoms. The van der Waals surface area contributed by atoms with Gasteiger partial charge in [0.1, 0.15) is 28.7 Å². The Balaban J connectivity index is 1.26. The van der Waals surface area contributed by atoms with Crippen LogP contribution in [0.25, 0.3) is 16.1 Å². The molecule has 0 saturated heterocycles. The Labute approximate surface area is 228 Å². The smallest absolute Gasteiger partial charge is 0.412 e. The van der Waals surface area contributed by atoms with Gasteiger partial charge in [0.25, 0.3) is 5.69 Å². The molecule has 39 heavy (non-hydrogen) atoms. The van der Waals surface area contributed by atoms with E-state index >= 15 is 0 Å². The van der Waals surface area contributed by atoms with Gasteiger partial charge in [0.15, 0.2) is 0 Å². The van der Waals surface area contributed by atoms with E-state index in [1.165, 1.54) is 25.7 Å². The summed E-state index contributed by atoms with van der Waals surface area (Å²) in [6.07, 6.45) is 4.91. The number of carbonyl (C=O) groups is 2. The van der Waals surface area contributed by atoms with Gasteiger partial charge in [0.05, 0.1) is 18.7 Å². The van der Waals surface area contributed by atoms with Crippen molar-refractivity contribution in [3.05, 3.63) is 58.8 Å². The Hall–Kier alpha value is -3.93. The lowest BCUT2D eigenvalue weighted by atomic mass is 9.79. The molecule has 204 valence electrons. The first-order chi connectivity index (χ1) is 18.5. The lowest BCUT2D eigenvalue weighted by Crippen LogP contribution is -2.28. The van der Waals surface area contributed by atoms with Gasteiger partial charge in [0.2, 0.25) is 0 Å². The fourth-order valence-electron chi connectivity index (χ4n) is 5.40. The molecule has 1 atom stereocenters. The maximum Gasteiger partial charge on any atom is 0.412 e. The molecule has 2 heterocycles. The first-order valence-electron chi connectivity index (χ1n) is 13.5. The summed E-state index contributed by atoms with van der Waals surface area (Å²) in [5.74, 6) is 1.77. The van der Waals surface area contributed by atoms with Gasteiger partial charge >= 0.3 is 6.09 Å². The van der Waals surface area contributed by atoms with E-state index in [2.05, 4.69) is 20.4 Å². The van der Waals surface area contributed by atoms with Crippen LogP contribution in [0.4, 0.5) is 16.3 Å². The molecule has 3 aromatic rings. The molecule has 2 aliphatic carbocycles. The summed E-state index contributed by atoms with van der Waals surface area (Å²) >= 11 is 0. The molecule has 1 N–H and O–H groups in total. The van der Waals surface area contributed by atoms with Gasteiger partial charge in [-0.2, -0.15) is 5.10 Å². The molecule has 0 radical (unpaired) electrons. The molecule has 2 aromatic heterocycles. The Morgan fingerprint density at radius 2 is 1.95 bits per heavy atom. The number of carbonyl (C=O) groups excluding carboxylic acids is 2. The van der Waals surface area contributed by atoms with E-state index in [9.17, 15) is 9.59 Å². The second-order valence-corrected chi connectivity index (χ2v) is 12.1. The number of nitrogens with zero attached hydrogens (tertiary/aromatic N) is 4. The molecule has 5 rings (SSSR count). The van der Waals surface area contributed by atoms with Crippen molar-refractivity contribution in [1.82, 2.24) is 14.9 Å². The number of ketones is 1. The SMILES string of the molecule is [C-]#[N+]c1c(-c2ccc(CC(=O)Cc3cc(C4CC45CCC5)on3)cc2)nn(C(C)C)c1NC(=O)OC(C)(C)C. The maximum atomic E-state index is 12.8. The fraction of sp³-hybridized carbons (Fsp3) is 0.500. The molecule has 2 aliphatic rings. The van der Waals surface area contributed by atoms with E-state index in [1.54, 1.807) is 25.5 Å². The highest BCUT2D eigenvalue weighted by atomic mass is 16.6. The predicted molar refractivity (Wildman–Crippen MR) is 147 cm³/mol. The number of benzene rings is 1. The molecule has 1 aromatic carbocycles. The van der Waals surface area contributed by atoms with E-state index in [0.717, 1.165) is 16.9 Å². The van der Waals surface area contributed by atoms with Gasteiger partial charge in [0, 0.05) is 24.4 Å². The molecule has 2 fully saturated rings. The highest BCUT2D eigenvalue weighted by Gasteiger charge is 2.59. The van der Waals surface area contributed by atoms with Crippen LogP contribution in [-0.4, -0.2) is 32.4 Å². The van der Waals surface area contributed by atoms with Crippen LogP contribution in [0.5, 0.6) is 0 Å². The summed E-state index contributed by atoms with van der Waals surface area (Å²) in [6.45, 7) is 17.0. The highest BCUT2D eigenvalue weighted by molar-refractivity contribution is 5.93. The Morgan fingerprint density at radius 3 is 2.51 bits per heavy atom. The quantitative estimate of drug-likeness (QED) is 0.314. The average molecular weight is 530 g/mol. The molecule has 1 unspecified atom stereocenters. The van der Waals surface area contributed by atoms with Gasteiger partial charge in [-0.15, -0.1) is 0 Å². The van der Waals surface area contributed by atoms with Crippen molar-refractivity contribution >= 4 is 23.4 Å². The minimum Gasteiger partial charge on any atom is -0.444 e. The van der Waals surface area contributed by atoms with Crippen LogP contribution in [0.2, 0.25) is 0 Å². The van der Waals surface area contributed by atoms with Crippen LogP contribution in [0.1, 0.15) is 89.3 Å². The number of anilines is 1. The minimum absolute atomic E-state index is 0.0616. The molecular weight excluding hydrogens is 494 g/mol. The Morgan fingerprint density at radius 1 is 1.23 bits per heavy atom. The normalized spacial score (nSPS) is 17.5. The van der Waals surface area contributed by atoms with Crippen molar-refractivity contribution in [1.29, 1.82) is 0 Å². The second kappa shape index (κ2) is 9.99. The van der Waals surface area contributed by atoms with Gasteiger partial charge in [-0.25, -0.2) is 9.64 Å². The lowest BCUT2D eigenvalue weighted by Gasteiger charge is -2.25. The van der Waals surface area contributed by atoms with Crippen LogP contribution in [0, 0.1) is 12.0 Å². The molecular formula is C30H35N5O4. The van der Waals surface area contributed by atoms with Crippen LogP contribution in [0.15, 0.2) is 34.9 Å². The Kier molecular flexibility index (Phi) is 6.83. The van der Waals surface area contributed by atoms with Crippen molar-refractivity contribution in [2.45, 2.75) is 90.7 Å². The van der Waals surface area contributed by atoms with Crippen molar-refractivity contribution in [3.8, 4) is 11.3 Å². The van der Waals surface area contributed by atoms with Gasteiger partial charge in [-0.05, 0) is 70.4 Å². The van der Waals surface area contributed by atoms with Crippen LogP contribution in [0.3, 0.4) is 0 Å². The third-order valence-corrected chi connectivity index (χ3v) is 7.57. The zero-order valence-corrected chi connectivity index (χ0v) is 23.2. The molecule has 2 saturated carbocycles. The third-order valence-electron chi connectivity index (χ3n) is 7.57. The fourth-order valence-corrected chi connectivity index (χ4v) is 5.40. The highest BCUT2D eigenvalue weighted by Crippen LogP contribution is 2.70. The van der Waals surface area contributed by atoms with Gasteiger partial charge in [-0.1, -0.05) is 35.8 Å². The molecule has 0 aliphatic heterocycles. The summed E-state index contributed by atoms with van der Waals surface area (Å²) in [7, 11) is 0. The summed E-state index contributed by atoms with van der Waals surface area (Å²) in [6, 6.07) is 9.29. The van der Waals surface area contributed by atoms with E-state index in [-0.39, 0.29) is 30.4 Å². The lowest BCUT2D eigenvalue weighted by molar-refractivity contribution is -0.117. The Bertz CT molecular complexity index is 1430. The molecule has 1 amide bonds. The van der Waals surface area contributed by atoms with Crippen molar-refractivity contribution in [2.24, 2.45) is 5.41 Å². The van der Waals surface area contributed by atoms with Gasteiger partial charge in [-0.3, -0.25) is 14.8 Å². The van der Waals surface area contributed by atoms with Crippen molar-refractivity contribution in [3.63, 3.8) is 0 Å². The number of amides is 1. The van der Waals surface area contributed by atoms with Crippen molar-refractivity contribution < 1.29 is 18.8 Å². The number of hydrogen-bond acceptors (Lipinski definition) is 6. The molecule has 0 bridgehead atoms. The number of Topliss-reactive ketones (excluding diaryl/α,β-unsaturated/α-hetero) is 1. The molecule has 1 spiro atoms. The number of ether oxygens (including phenoxy) is 1. The van der Waals surface area contributed by atoms with Crippen LogP contribution < -0.4 is 5.32 Å². The van der Waals surface area contributed by atoms with E-state index in [1.807, 2.05) is 44.2 Å². The number of rotatable bonds is 8. The topological polar surface area (TPSA) is 104 Å². The molecule has 9 nitrogen and oxygen atoms in total. The minimum atomic E-state index is -0.673. The van der Waals surface area contributed by atoms with E-state index in [4.69, 9.17) is 15.8 Å². The number of hydrogen-bond donors (Lipinski definition) is 1. The largest absolute Gasteiger partial charge is 0.444 e. The van der Waals surface area contributed by atoms with E-state index in [0.29, 0.717) is 28.5 Å². The predicted octanol–water partition coefficient (Wildman–Crippen LogP) is 7.03. The van der Waals surface area contributed by atoms with E-state index < -0.39 is 11.7 Å². The zero-order valence-electron chi connectivity index (χ0n) is 23.2. The second-order valence-electron chi connectivity index (χ2n) is 12.1. The van der Waals surface area contributed by atoms with Crippen LogP contribution >= 0.6 is 0 Å². The third kappa shape index (κ3) is 5.60. The summed E-state index contributed by atoms with van der Waals surface area (Å²) in [5.41, 5.74) is 2.77. The number of nitrogens with one attached hydrogen (secondary N) is 1. The zero-order chi connectivity index (χ0) is 27.9. The standard InChI is InChI=1S/C30H35N5O4/c1-18(2)35-27(32-28(37)38-29(3,4)5)26(31-6)25(33-35)20-10-8-19(9-11-20)14-22(36)15-21-16-24(39-34-21)23-17-30(23)12-7-13-30/h8-11,16,18,23H,7,12-15,17H2,1-5H3,(H,32,37). The maximum absolute atomic E-state index is 12.8. The average Bonchev–Trinajstić information content (AvgIpc) is 3.28. The van der Waals surface area contributed by atoms with Gasteiger partial charge < -0.3 is 9.26 Å². The first kappa shape index (κ1) is 26.7. The monoisotopic (exact) mass is 529 g/mol. The van der Waals surface area contributed by atoms with Crippen LogP contribution in [-0.2, 0) is 22.4 Å². The number of aromatic nitrogens is 3. The first-order valence-corrected chi connectivity index (χ1v) is 13.5. The summed E-state index contributed by atoms with van der Waals surface area (Å²) < 4.78 is 12.6.